The lowest BCUT2D eigenvalue weighted by Gasteiger charge is -2.14. The zero-order chi connectivity index (χ0) is 20.9. The van der Waals surface area contributed by atoms with Gasteiger partial charge in [0.1, 0.15) is 5.82 Å². The third-order valence-corrected chi connectivity index (χ3v) is 5.24. The quantitative estimate of drug-likeness (QED) is 0.647. The normalized spacial score (nSPS) is 11.9. The van der Waals surface area contributed by atoms with Gasteiger partial charge in [0.25, 0.3) is 0 Å². The summed E-state index contributed by atoms with van der Waals surface area (Å²) in [5.74, 6) is 6.81. The Morgan fingerprint density at radius 1 is 1.10 bits per heavy atom. The molecule has 1 aliphatic rings. The Bertz CT molecular complexity index is 1270. The molecule has 1 N–H and O–H groups in total. The van der Waals surface area contributed by atoms with E-state index < -0.39 is 0 Å². The topological polar surface area (TPSA) is 37.3 Å². The van der Waals surface area contributed by atoms with Crippen LogP contribution in [0.3, 0.4) is 0 Å². The van der Waals surface area contributed by atoms with Gasteiger partial charge in [0.05, 0.1) is 0 Å². The van der Waals surface area contributed by atoms with E-state index in [0.29, 0.717) is 0 Å². The first kappa shape index (κ1) is 19.7. The number of anilines is 1. The van der Waals surface area contributed by atoms with E-state index in [2.05, 4.69) is 95.2 Å². The monoisotopic (exact) mass is 391 g/mol. The van der Waals surface area contributed by atoms with Gasteiger partial charge in [0.15, 0.2) is 5.49 Å². The molecule has 0 aliphatic carbocycles. The molecule has 0 amide bonds. The maximum atomic E-state index is 4.63. The lowest BCUT2D eigenvalue weighted by Crippen LogP contribution is -2.31. The maximum absolute atomic E-state index is 4.63. The van der Waals surface area contributed by atoms with Gasteiger partial charge in [0, 0.05) is 23.0 Å². The summed E-state index contributed by atoms with van der Waals surface area (Å²) in [6, 6.07) is 19.0. The van der Waals surface area contributed by atoms with Crippen molar-refractivity contribution in [3.63, 3.8) is 0 Å². The molecule has 3 nitrogen and oxygen atoms in total. The van der Waals surface area contributed by atoms with Crippen molar-refractivity contribution in [2.24, 2.45) is 4.99 Å². The fourth-order valence-electron chi connectivity index (χ4n) is 3.67. The Morgan fingerprint density at radius 3 is 2.70 bits per heavy atom. The van der Waals surface area contributed by atoms with E-state index in [1.165, 1.54) is 16.7 Å². The van der Waals surface area contributed by atoms with Gasteiger partial charge >= 0.3 is 0 Å². The molecule has 0 saturated heterocycles. The molecule has 148 valence electrons. The van der Waals surface area contributed by atoms with Crippen LogP contribution in [0.5, 0.6) is 0 Å². The molecule has 1 aliphatic heterocycles. The first-order chi connectivity index (χ1) is 14.7. The fourth-order valence-corrected chi connectivity index (χ4v) is 3.67. The van der Waals surface area contributed by atoms with Gasteiger partial charge in [-0.3, -0.25) is 4.99 Å². The molecule has 0 fully saturated rings. The van der Waals surface area contributed by atoms with Crippen LogP contribution in [0.1, 0.15) is 37.0 Å². The van der Waals surface area contributed by atoms with Crippen molar-refractivity contribution < 1.29 is 0 Å². The molecule has 0 saturated carbocycles. The smallest absolute Gasteiger partial charge is 0.156 e. The first-order valence-electron chi connectivity index (χ1n) is 10.3. The Balaban J connectivity index is 1.59. The molecule has 3 aromatic rings. The molecule has 0 radical (unpaired) electrons. The molecular formula is C27H25N3. The number of aromatic nitrogens is 1. The molecule has 2 aromatic carbocycles. The molecule has 3 heteroatoms. The molecule has 30 heavy (non-hydrogen) atoms. The fraction of sp³-hybridized carbons (Fsp3) is 0.185. The summed E-state index contributed by atoms with van der Waals surface area (Å²) in [7, 11) is 0. The van der Waals surface area contributed by atoms with E-state index >= 15 is 0 Å². The molecule has 0 spiro atoms. The van der Waals surface area contributed by atoms with E-state index in [1.807, 2.05) is 13.0 Å². The predicted molar refractivity (Wildman–Crippen MR) is 125 cm³/mol. The van der Waals surface area contributed by atoms with Gasteiger partial charge in [-0.1, -0.05) is 49.8 Å². The summed E-state index contributed by atoms with van der Waals surface area (Å²) in [5.41, 5.74) is 7.46. The Hall–Kier alpha value is -3.64. The van der Waals surface area contributed by atoms with Crippen LogP contribution >= 0.6 is 0 Å². The van der Waals surface area contributed by atoms with Gasteiger partial charge in [-0.05, 0) is 72.4 Å². The maximum Gasteiger partial charge on any atom is 0.156 e. The number of pyridine rings is 1. The van der Waals surface area contributed by atoms with Gasteiger partial charge in [-0.25, -0.2) is 4.98 Å². The van der Waals surface area contributed by atoms with Crippen LogP contribution < -0.4 is 16.0 Å². The van der Waals surface area contributed by atoms with Gasteiger partial charge in [-0.15, -0.1) is 5.92 Å². The highest BCUT2D eigenvalue weighted by Gasteiger charge is 2.08. The predicted octanol–water partition coefficient (Wildman–Crippen LogP) is 4.57. The third kappa shape index (κ3) is 4.18. The standard InChI is InChI=1S/C27H25N3/c1-4-7-20-9-11-22(12-10-20)25-15-13-24(18-21(25)5-2)19(3)29-26-16-14-23-8-6-17-28-27(23)30-26/h8-16,18H,3,5-6,17H2,1-2H3,(H,28,29,30). The number of fused-ring (bicyclic) bond motifs is 1. The number of hydrogen-bond acceptors (Lipinski definition) is 3. The molecule has 0 atom stereocenters. The van der Waals surface area contributed by atoms with E-state index in [0.717, 1.165) is 52.7 Å². The van der Waals surface area contributed by atoms with E-state index in [1.54, 1.807) is 0 Å². The van der Waals surface area contributed by atoms with Crippen LogP contribution in [0, 0.1) is 11.8 Å². The first-order valence-corrected chi connectivity index (χ1v) is 10.3. The van der Waals surface area contributed by atoms with Crippen molar-refractivity contribution in [3.05, 3.63) is 88.6 Å². The molecule has 4 rings (SSSR count). The van der Waals surface area contributed by atoms with Crippen LogP contribution in [-0.2, 0) is 6.42 Å². The molecular weight excluding hydrogens is 366 g/mol. The lowest BCUT2D eigenvalue weighted by atomic mass is 9.94. The zero-order valence-electron chi connectivity index (χ0n) is 17.5. The van der Waals surface area contributed by atoms with Gasteiger partial charge in [-0.2, -0.15) is 0 Å². The van der Waals surface area contributed by atoms with Crippen LogP contribution in [0.25, 0.3) is 22.9 Å². The van der Waals surface area contributed by atoms with Crippen molar-refractivity contribution in [2.45, 2.75) is 26.7 Å². The average Bonchev–Trinajstić information content (AvgIpc) is 2.79. The SMILES string of the molecule is C=C(Nc1ccc2c(n1)=NCCC=2)c1ccc(-c2ccc(C#CC)cc2)c(CC)c1. The van der Waals surface area contributed by atoms with Crippen LogP contribution in [0.15, 0.2) is 66.2 Å². The van der Waals surface area contributed by atoms with E-state index in [4.69, 9.17) is 0 Å². The molecule has 2 heterocycles. The number of nitrogens with zero attached hydrogens (tertiary/aromatic N) is 2. The van der Waals surface area contributed by atoms with Crippen molar-refractivity contribution in [2.75, 3.05) is 11.9 Å². The van der Waals surface area contributed by atoms with Crippen LogP contribution in [0.4, 0.5) is 5.82 Å². The molecule has 0 bridgehead atoms. The summed E-state index contributed by atoms with van der Waals surface area (Å²) >= 11 is 0. The molecule has 0 unspecified atom stereocenters. The Morgan fingerprint density at radius 2 is 1.93 bits per heavy atom. The van der Waals surface area contributed by atoms with E-state index in [9.17, 15) is 0 Å². The second-order valence-corrected chi connectivity index (χ2v) is 7.27. The second kappa shape index (κ2) is 8.80. The zero-order valence-corrected chi connectivity index (χ0v) is 17.5. The summed E-state index contributed by atoms with van der Waals surface area (Å²) in [5, 5.41) is 4.45. The van der Waals surface area contributed by atoms with Crippen molar-refractivity contribution >= 4 is 17.6 Å². The summed E-state index contributed by atoms with van der Waals surface area (Å²) in [6.07, 6.45) is 4.11. The second-order valence-electron chi connectivity index (χ2n) is 7.27. The number of rotatable bonds is 5. The minimum atomic E-state index is 0.771. The minimum absolute atomic E-state index is 0.771. The van der Waals surface area contributed by atoms with Crippen molar-refractivity contribution in [1.82, 2.24) is 4.98 Å². The summed E-state index contributed by atoms with van der Waals surface area (Å²) < 4.78 is 0. The lowest BCUT2D eigenvalue weighted by molar-refractivity contribution is 0.920. The summed E-state index contributed by atoms with van der Waals surface area (Å²) in [4.78, 5) is 9.13. The Labute approximate surface area is 177 Å². The Kier molecular flexibility index (Phi) is 5.77. The average molecular weight is 392 g/mol. The number of nitrogens with one attached hydrogen (secondary N) is 1. The van der Waals surface area contributed by atoms with Gasteiger partial charge < -0.3 is 5.32 Å². The number of hydrogen-bond donors (Lipinski definition) is 1. The van der Waals surface area contributed by atoms with Gasteiger partial charge in [0.2, 0.25) is 0 Å². The molecule has 1 aromatic heterocycles. The van der Waals surface area contributed by atoms with E-state index in [-0.39, 0.29) is 0 Å². The van der Waals surface area contributed by atoms with Crippen LogP contribution in [-0.4, -0.2) is 11.5 Å². The number of aryl methyl sites for hydroxylation is 1. The highest BCUT2D eigenvalue weighted by molar-refractivity contribution is 5.77. The third-order valence-electron chi connectivity index (χ3n) is 5.24. The van der Waals surface area contributed by atoms with Crippen molar-refractivity contribution in [3.8, 4) is 23.0 Å². The largest absolute Gasteiger partial charge is 0.340 e. The summed E-state index contributed by atoms with van der Waals surface area (Å²) in [6.45, 7) is 9.08. The van der Waals surface area contributed by atoms with Crippen molar-refractivity contribution in [1.29, 1.82) is 0 Å². The van der Waals surface area contributed by atoms with Crippen LogP contribution in [0.2, 0.25) is 0 Å². The highest BCUT2D eigenvalue weighted by Crippen LogP contribution is 2.28. The number of benzene rings is 2. The minimum Gasteiger partial charge on any atom is -0.340 e. The highest BCUT2D eigenvalue weighted by atomic mass is 15.0.